The molecule has 3 aromatic rings. The van der Waals surface area contributed by atoms with Crippen LogP contribution in [-0.2, 0) is 36.8 Å². The minimum Gasteiger partial charge on any atom is -0.508 e. The molecule has 4 atom stereocenters. The smallest absolute Gasteiger partial charge is 0.243 e. The molecule has 1 fully saturated rings. The van der Waals surface area contributed by atoms with E-state index >= 15 is 0 Å². The van der Waals surface area contributed by atoms with Gasteiger partial charge in [-0.1, -0.05) is 54.6 Å². The molecular formula is C36H47N11O6. The Balaban J connectivity index is 1.68. The van der Waals surface area contributed by atoms with Crippen LogP contribution in [0.1, 0.15) is 36.8 Å². The molecule has 0 saturated carbocycles. The van der Waals surface area contributed by atoms with E-state index in [0.717, 1.165) is 16.3 Å². The van der Waals surface area contributed by atoms with Gasteiger partial charge in [-0.15, -0.1) is 0 Å². The van der Waals surface area contributed by atoms with Gasteiger partial charge >= 0.3 is 0 Å². The summed E-state index contributed by atoms with van der Waals surface area (Å²) in [6.07, 6.45) is 0.777. The highest BCUT2D eigenvalue weighted by Gasteiger charge is 2.32. The molecule has 17 heteroatoms. The van der Waals surface area contributed by atoms with E-state index in [4.69, 9.17) is 22.9 Å². The third-order valence-electron chi connectivity index (χ3n) is 8.49. The number of aliphatic imine (C=N–C) groups is 2. The number of hydrogen-bond donors (Lipinski definition) is 10. The first-order valence-electron chi connectivity index (χ1n) is 17.2. The van der Waals surface area contributed by atoms with Gasteiger partial charge in [0.15, 0.2) is 11.9 Å². The highest BCUT2D eigenvalue weighted by molar-refractivity contribution is 5.97. The lowest BCUT2D eigenvalue weighted by molar-refractivity contribution is -0.134. The van der Waals surface area contributed by atoms with E-state index in [9.17, 15) is 29.1 Å². The number of hydrogen-bond acceptors (Lipinski definition) is 8. The van der Waals surface area contributed by atoms with Crippen molar-refractivity contribution in [3.05, 3.63) is 77.9 Å². The van der Waals surface area contributed by atoms with Crippen LogP contribution in [0.2, 0.25) is 0 Å². The van der Waals surface area contributed by atoms with Crippen molar-refractivity contribution in [2.24, 2.45) is 32.9 Å². The molecule has 0 bridgehead atoms. The van der Waals surface area contributed by atoms with Crippen molar-refractivity contribution in [1.29, 1.82) is 0 Å². The maximum Gasteiger partial charge on any atom is 0.243 e. The van der Waals surface area contributed by atoms with Crippen LogP contribution in [0.4, 0.5) is 0 Å². The summed E-state index contributed by atoms with van der Waals surface area (Å²) in [5.74, 6) is -3.66. The minimum absolute atomic E-state index is 0.00627. The lowest BCUT2D eigenvalue weighted by Crippen LogP contribution is -2.58. The lowest BCUT2D eigenvalue weighted by Gasteiger charge is -2.26. The average Bonchev–Trinajstić information content (AvgIpc) is 3.12. The number of rotatable bonds is 12. The number of phenols is 1. The predicted molar refractivity (Wildman–Crippen MR) is 200 cm³/mol. The SMILES string of the molecule is NC(N)=NCCC[C@@H]1NC(=O)CNC(=O)[C@H](Cc2ccc3ccccc3c2)NC(=O)[C@H](CCCN=C(N)N)NC(=O)[C@@H](Cc2ccc(O)cc2)NC1=O. The molecule has 1 heterocycles. The van der Waals surface area contributed by atoms with Crippen LogP contribution >= 0.6 is 0 Å². The van der Waals surface area contributed by atoms with Crippen LogP contribution in [0.3, 0.4) is 0 Å². The number of nitrogens with one attached hydrogen (secondary N) is 5. The lowest BCUT2D eigenvalue weighted by atomic mass is 10.00. The Hall–Kier alpha value is -6.39. The molecule has 1 aliphatic heterocycles. The minimum atomic E-state index is -1.23. The van der Waals surface area contributed by atoms with Gasteiger partial charge in [0.1, 0.15) is 29.9 Å². The van der Waals surface area contributed by atoms with Gasteiger partial charge in [0, 0.05) is 25.9 Å². The molecule has 0 radical (unpaired) electrons. The Kier molecular flexibility index (Phi) is 14.3. The van der Waals surface area contributed by atoms with Gasteiger partial charge in [-0.05, 0) is 59.7 Å². The topological polar surface area (TPSA) is 295 Å². The fraction of sp³-hybridized carbons (Fsp3) is 0.361. The van der Waals surface area contributed by atoms with Gasteiger partial charge in [0.2, 0.25) is 29.5 Å². The average molecular weight is 730 g/mol. The zero-order valence-corrected chi connectivity index (χ0v) is 29.2. The van der Waals surface area contributed by atoms with E-state index in [2.05, 4.69) is 36.6 Å². The fourth-order valence-electron chi connectivity index (χ4n) is 5.79. The molecule has 0 aromatic heterocycles. The third kappa shape index (κ3) is 12.7. The monoisotopic (exact) mass is 729 g/mol. The summed E-state index contributed by atoms with van der Waals surface area (Å²) in [6.45, 7) is -0.176. The summed E-state index contributed by atoms with van der Waals surface area (Å²) >= 11 is 0. The molecule has 0 unspecified atom stereocenters. The Morgan fingerprint density at radius 1 is 0.604 bits per heavy atom. The van der Waals surface area contributed by atoms with Crippen molar-refractivity contribution < 1.29 is 29.1 Å². The summed E-state index contributed by atoms with van der Waals surface area (Å²) in [5.41, 5.74) is 23.2. The molecule has 1 saturated heterocycles. The quantitative estimate of drug-likeness (QED) is 0.0585. The second-order valence-electron chi connectivity index (χ2n) is 12.7. The number of guanidine groups is 2. The molecule has 5 amide bonds. The third-order valence-corrected chi connectivity index (χ3v) is 8.49. The fourth-order valence-corrected chi connectivity index (χ4v) is 5.79. The van der Waals surface area contributed by atoms with Crippen LogP contribution in [0.25, 0.3) is 10.8 Å². The van der Waals surface area contributed by atoms with Crippen molar-refractivity contribution in [2.75, 3.05) is 19.6 Å². The summed E-state index contributed by atoms with van der Waals surface area (Å²) in [6, 6.07) is 14.7. The number of phenolic OH excluding ortho intramolecular Hbond substituents is 1. The molecule has 282 valence electrons. The number of amides is 5. The summed E-state index contributed by atoms with van der Waals surface area (Å²) in [7, 11) is 0. The number of nitrogens with two attached hydrogens (primary N) is 4. The van der Waals surface area contributed by atoms with E-state index in [0.29, 0.717) is 12.0 Å². The number of nitrogens with zero attached hydrogens (tertiary/aromatic N) is 2. The van der Waals surface area contributed by atoms with Gasteiger partial charge in [-0.25, -0.2) is 0 Å². The molecule has 0 spiro atoms. The molecule has 53 heavy (non-hydrogen) atoms. The number of carbonyl (C=O) groups is 5. The first-order valence-corrected chi connectivity index (χ1v) is 17.2. The number of aromatic hydroxyl groups is 1. The zero-order chi connectivity index (χ0) is 38.3. The predicted octanol–water partition coefficient (Wildman–Crippen LogP) is -1.49. The van der Waals surface area contributed by atoms with E-state index in [1.807, 2.05) is 42.5 Å². The van der Waals surface area contributed by atoms with Gasteiger partial charge in [0.25, 0.3) is 0 Å². The van der Waals surface area contributed by atoms with Gasteiger partial charge in [-0.2, -0.15) is 0 Å². The highest BCUT2D eigenvalue weighted by atomic mass is 16.3. The molecule has 3 aromatic carbocycles. The summed E-state index contributed by atoms with van der Waals surface area (Å²) in [5, 5.41) is 25.2. The number of fused-ring (bicyclic) bond motifs is 1. The number of carbonyl (C=O) groups excluding carboxylic acids is 5. The van der Waals surface area contributed by atoms with E-state index in [-0.39, 0.29) is 62.9 Å². The van der Waals surface area contributed by atoms with Crippen LogP contribution in [-0.4, -0.2) is 90.4 Å². The standard InChI is InChI=1S/C36H47N11O6/c37-35(38)41-15-3-7-26-32(51)47-29(18-21-10-13-25(48)14-11-21)34(53)45-27(8-4-16-42-36(39)40)33(52)46-28(31(50)43-20-30(49)44-26)19-22-9-12-23-5-1-2-6-24(23)17-22/h1-2,5-6,9-14,17,26-29,48H,3-4,7-8,15-16,18-20H2,(H,43,50)(H,44,49)(H,45,53)(H,46,52)(H,47,51)(H4,37,38,41)(H4,39,40,42)/t26-,27-,28-,29+/m0/s1. The van der Waals surface area contributed by atoms with Gasteiger partial charge in [-0.3, -0.25) is 34.0 Å². The van der Waals surface area contributed by atoms with Gasteiger partial charge < -0.3 is 54.6 Å². The Bertz CT molecular complexity index is 1820. The molecule has 0 aliphatic carbocycles. The van der Waals surface area contributed by atoms with Crippen molar-refractivity contribution in [3.8, 4) is 5.75 Å². The Morgan fingerprint density at radius 3 is 1.70 bits per heavy atom. The van der Waals surface area contributed by atoms with Crippen LogP contribution in [0, 0.1) is 0 Å². The van der Waals surface area contributed by atoms with Crippen LogP contribution < -0.4 is 49.5 Å². The summed E-state index contributed by atoms with van der Waals surface area (Å²) < 4.78 is 0. The maximum atomic E-state index is 14.0. The van der Waals surface area contributed by atoms with Crippen molar-refractivity contribution >= 4 is 52.2 Å². The highest BCUT2D eigenvalue weighted by Crippen LogP contribution is 2.17. The van der Waals surface area contributed by atoms with Crippen LogP contribution in [0.15, 0.2) is 76.7 Å². The van der Waals surface area contributed by atoms with Crippen molar-refractivity contribution in [3.63, 3.8) is 0 Å². The molecule has 4 rings (SSSR count). The summed E-state index contributed by atoms with van der Waals surface area (Å²) in [4.78, 5) is 76.4. The molecule has 1 aliphatic rings. The largest absolute Gasteiger partial charge is 0.508 e. The Morgan fingerprint density at radius 2 is 1.09 bits per heavy atom. The molecule has 14 N–H and O–H groups in total. The van der Waals surface area contributed by atoms with Crippen molar-refractivity contribution in [2.45, 2.75) is 62.7 Å². The molecular weight excluding hydrogens is 682 g/mol. The second kappa shape index (κ2) is 19.3. The second-order valence-corrected chi connectivity index (χ2v) is 12.7. The zero-order valence-electron chi connectivity index (χ0n) is 29.2. The maximum absolute atomic E-state index is 14.0. The number of benzene rings is 3. The van der Waals surface area contributed by atoms with E-state index in [1.54, 1.807) is 12.1 Å². The Labute approximate surface area is 306 Å². The van der Waals surface area contributed by atoms with Crippen molar-refractivity contribution in [1.82, 2.24) is 26.6 Å². The first kappa shape index (κ1) is 39.4. The normalized spacial score (nSPS) is 20.0. The molecule has 17 nitrogen and oxygen atoms in total. The van der Waals surface area contributed by atoms with E-state index in [1.165, 1.54) is 12.1 Å². The van der Waals surface area contributed by atoms with E-state index < -0.39 is 60.2 Å². The van der Waals surface area contributed by atoms with Crippen LogP contribution in [0.5, 0.6) is 5.75 Å². The first-order chi connectivity index (χ1) is 25.4. The van der Waals surface area contributed by atoms with Gasteiger partial charge in [0.05, 0.1) is 6.54 Å².